The first kappa shape index (κ1) is 14.0. The van der Waals surface area contributed by atoms with E-state index in [4.69, 9.17) is 4.74 Å². The maximum atomic E-state index is 6.03. The van der Waals surface area contributed by atoms with Crippen LogP contribution in [0, 0.1) is 0 Å². The Kier molecular flexibility index (Phi) is 4.78. The van der Waals surface area contributed by atoms with Gasteiger partial charge in [-0.2, -0.15) is 0 Å². The third-order valence-electron chi connectivity index (χ3n) is 4.02. The molecule has 0 bridgehead atoms. The van der Waals surface area contributed by atoms with Crippen LogP contribution in [0.3, 0.4) is 0 Å². The normalized spacial score (nSPS) is 14.4. The lowest BCUT2D eigenvalue weighted by molar-refractivity contribution is 0.311. The van der Waals surface area contributed by atoms with Crippen LogP contribution in [0.5, 0.6) is 5.75 Å². The Labute approximate surface area is 127 Å². The molecule has 0 aliphatic carbocycles. The summed E-state index contributed by atoms with van der Waals surface area (Å²) in [6.45, 7) is 3.09. The highest BCUT2D eigenvalue weighted by Gasteiger charge is 2.15. The van der Waals surface area contributed by atoms with E-state index in [1.807, 2.05) is 0 Å². The van der Waals surface area contributed by atoms with Gasteiger partial charge in [-0.3, -0.25) is 0 Å². The maximum absolute atomic E-state index is 6.03. The van der Waals surface area contributed by atoms with Crippen LogP contribution in [0.15, 0.2) is 54.6 Å². The van der Waals surface area contributed by atoms with Crippen LogP contribution in [-0.4, -0.2) is 19.7 Å². The first-order chi connectivity index (χ1) is 10.4. The molecule has 1 aliphatic rings. The zero-order chi connectivity index (χ0) is 14.3. The minimum atomic E-state index is 0.778. The second-order valence-electron chi connectivity index (χ2n) is 5.60. The van der Waals surface area contributed by atoms with Crippen LogP contribution in [0.4, 0.5) is 5.69 Å². The summed E-state index contributed by atoms with van der Waals surface area (Å²) in [5.74, 6) is 1.03. The van der Waals surface area contributed by atoms with Crippen molar-refractivity contribution in [3.05, 3.63) is 60.2 Å². The second-order valence-corrected chi connectivity index (χ2v) is 5.60. The van der Waals surface area contributed by atoms with Gasteiger partial charge in [-0.1, -0.05) is 42.5 Å². The van der Waals surface area contributed by atoms with Crippen molar-refractivity contribution in [2.24, 2.45) is 0 Å². The topological polar surface area (TPSA) is 12.5 Å². The summed E-state index contributed by atoms with van der Waals surface area (Å²) in [5, 5.41) is 0. The number of anilines is 1. The molecule has 2 aromatic rings. The molecule has 2 nitrogen and oxygen atoms in total. The largest absolute Gasteiger partial charge is 0.491 e. The Hall–Kier alpha value is -1.96. The van der Waals surface area contributed by atoms with E-state index in [1.54, 1.807) is 0 Å². The Morgan fingerprint density at radius 1 is 0.857 bits per heavy atom. The molecule has 1 saturated heterocycles. The number of rotatable bonds is 6. The Morgan fingerprint density at radius 2 is 1.57 bits per heavy atom. The third kappa shape index (κ3) is 3.78. The average Bonchev–Trinajstić information content (AvgIpc) is 3.07. The van der Waals surface area contributed by atoms with Crippen molar-refractivity contribution in [1.29, 1.82) is 0 Å². The molecular weight excluding hydrogens is 258 g/mol. The van der Waals surface area contributed by atoms with Gasteiger partial charge < -0.3 is 9.64 Å². The Bertz CT molecular complexity index is 547. The lowest BCUT2D eigenvalue weighted by atomic mass is 10.1. The summed E-state index contributed by atoms with van der Waals surface area (Å²) < 4.78 is 6.03. The fourth-order valence-electron chi connectivity index (χ4n) is 2.90. The molecule has 1 heterocycles. The van der Waals surface area contributed by atoms with Gasteiger partial charge in [0.1, 0.15) is 5.75 Å². The number of hydrogen-bond donors (Lipinski definition) is 0. The van der Waals surface area contributed by atoms with Crippen LogP contribution in [-0.2, 0) is 6.42 Å². The number of ether oxygens (including phenoxy) is 1. The molecule has 0 radical (unpaired) electrons. The van der Waals surface area contributed by atoms with Crippen molar-refractivity contribution in [2.45, 2.75) is 25.7 Å². The lowest BCUT2D eigenvalue weighted by Crippen LogP contribution is -2.18. The zero-order valence-electron chi connectivity index (χ0n) is 12.5. The van der Waals surface area contributed by atoms with Crippen molar-refractivity contribution in [3.63, 3.8) is 0 Å². The monoisotopic (exact) mass is 281 g/mol. The van der Waals surface area contributed by atoms with Crippen molar-refractivity contribution in [2.75, 3.05) is 24.6 Å². The number of aryl methyl sites for hydroxylation is 1. The summed E-state index contributed by atoms with van der Waals surface area (Å²) >= 11 is 0. The van der Waals surface area contributed by atoms with Gasteiger partial charge in [0.05, 0.1) is 12.3 Å². The molecule has 0 N–H and O–H groups in total. The van der Waals surface area contributed by atoms with E-state index in [0.717, 1.165) is 38.3 Å². The molecule has 1 aliphatic heterocycles. The Balaban J connectivity index is 1.53. The highest BCUT2D eigenvalue weighted by atomic mass is 16.5. The van der Waals surface area contributed by atoms with Gasteiger partial charge in [-0.05, 0) is 43.4 Å². The Morgan fingerprint density at radius 3 is 2.38 bits per heavy atom. The van der Waals surface area contributed by atoms with E-state index in [1.165, 1.54) is 24.1 Å². The molecule has 110 valence electrons. The van der Waals surface area contributed by atoms with Crippen LogP contribution in [0.1, 0.15) is 24.8 Å². The summed E-state index contributed by atoms with van der Waals surface area (Å²) in [5.41, 5.74) is 2.64. The van der Waals surface area contributed by atoms with Crippen molar-refractivity contribution >= 4 is 5.69 Å². The maximum Gasteiger partial charge on any atom is 0.142 e. The van der Waals surface area contributed by atoms with Gasteiger partial charge in [0.2, 0.25) is 0 Å². The fraction of sp³-hybridized carbons (Fsp3) is 0.368. The smallest absolute Gasteiger partial charge is 0.142 e. The number of hydrogen-bond acceptors (Lipinski definition) is 2. The van der Waals surface area contributed by atoms with E-state index in [2.05, 4.69) is 59.5 Å². The molecule has 0 unspecified atom stereocenters. The first-order valence-electron chi connectivity index (χ1n) is 7.94. The molecule has 1 fully saturated rings. The van der Waals surface area contributed by atoms with E-state index in [0.29, 0.717) is 0 Å². The highest BCUT2D eigenvalue weighted by molar-refractivity contribution is 5.58. The van der Waals surface area contributed by atoms with E-state index in [9.17, 15) is 0 Å². The fourth-order valence-corrected chi connectivity index (χ4v) is 2.90. The third-order valence-corrected chi connectivity index (χ3v) is 4.02. The molecule has 21 heavy (non-hydrogen) atoms. The number of benzene rings is 2. The van der Waals surface area contributed by atoms with Gasteiger partial charge in [0.25, 0.3) is 0 Å². The van der Waals surface area contributed by atoms with Gasteiger partial charge in [-0.25, -0.2) is 0 Å². The SMILES string of the molecule is c1ccc(CCCOc2ccccc2N2CCCC2)cc1. The van der Waals surface area contributed by atoms with Gasteiger partial charge >= 0.3 is 0 Å². The quantitative estimate of drug-likeness (QED) is 0.732. The number of para-hydroxylation sites is 2. The van der Waals surface area contributed by atoms with Crippen LogP contribution < -0.4 is 9.64 Å². The minimum absolute atomic E-state index is 0.778. The predicted molar refractivity (Wildman–Crippen MR) is 88.1 cm³/mol. The molecular formula is C19H23NO. The van der Waals surface area contributed by atoms with E-state index in [-0.39, 0.29) is 0 Å². The number of nitrogens with zero attached hydrogens (tertiary/aromatic N) is 1. The van der Waals surface area contributed by atoms with Gasteiger partial charge in [0.15, 0.2) is 0 Å². The summed E-state index contributed by atoms with van der Waals surface area (Å²) in [4.78, 5) is 2.44. The molecule has 2 heteroatoms. The molecule has 0 saturated carbocycles. The highest BCUT2D eigenvalue weighted by Crippen LogP contribution is 2.30. The summed E-state index contributed by atoms with van der Waals surface area (Å²) in [7, 11) is 0. The molecule has 0 atom stereocenters. The van der Waals surface area contributed by atoms with Crippen LogP contribution >= 0.6 is 0 Å². The summed E-state index contributed by atoms with van der Waals surface area (Å²) in [6, 6.07) is 19.0. The molecule has 2 aromatic carbocycles. The summed E-state index contributed by atoms with van der Waals surface area (Å²) in [6.07, 6.45) is 4.72. The van der Waals surface area contributed by atoms with Crippen molar-refractivity contribution in [1.82, 2.24) is 0 Å². The minimum Gasteiger partial charge on any atom is -0.491 e. The zero-order valence-corrected chi connectivity index (χ0v) is 12.5. The van der Waals surface area contributed by atoms with E-state index < -0.39 is 0 Å². The molecule has 0 aromatic heterocycles. The molecule has 0 amide bonds. The first-order valence-corrected chi connectivity index (χ1v) is 7.94. The van der Waals surface area contributed by atoms with Gasteiger partial charge in [-0.15, -0.1) is 0 Å². The average molecular weight is 281 g/mol. The molecule has 3 rings (SSSR count). The van der Waals surface area contributed by atoms with Crippen molar-refractivity contribution in [3.8, 4) is 5.75 Å². The second kappa shape index (κ2) is 7.16. The predicted octanol–water partition coefficient (Wildman–Crippen LogP) is 4.30. The van der Waals surface area contributed by atoms with Crippen LogP contribution in [0.2, 0.25) is 0 Å². The molecule has 0 spiro atoms. The van der Waals surface area contributed by atoms with Crippen LogP contribution in [0.25, 0.3) is 0 Å². The van der Waals surface area contributed by atoms with Gasteiger partial charge in [0, 0.05) is 13.1 Å². The standard InChI is InChI=1S/C19H23NO/c1-2-9-17(10-3-1)11-8-16-21-19-13-5-4-12-18(19)20-14-6-7-15-20/h1-5,9-10,12-13H,6-8,11,14-16H2. The lowest BCUT2D eigenvalue weighted by Gasteiger charge is -2.21. The van der Waals surface area contributed by atoms with Crippen molar-refractivity contribution < 1.29 is 4.74 Å². The van der Waals surface area contributed by atoms with E-state index >= 15 is 0 Å².